The molecule has 2 amide bonds. The highest BCUT2D eigenvalue weighted by Crippen LogP contribution is 2.44. The zero-order valence-electron chi connectivity index (χ0n) is 20.7. The number of piperazine rings is 1. The minimum atomic E-state index is -4.56. The van der Waals surface area contributed by atoms with Crippen LogP contribution in [0, 0.1) is 6.92 Å². The molecule has 0 unspecified atom stereocenters. The second-order valence-electron chi connectivity index (χ2n) is 9.74. The Labute approximate surface area is 212 Å². The third kappa shape index (κ3) is 4.67. The summed E-state index contributed by atoms with van der Waals surface area (Å²) in [7, 11) is 0. The molecule has 3 N–H and O–H groups in total. The van der Waals surface area contributed by atoms with E-state index in [9.17, 15) is 22.8 Å². The number of nitrogens with zero attached hydrogens (tertiary/aromatic N) is 1. The number of anilines is 1. The monoisotopic (exact) mass is 508 g/mol. The summed E-state index contributed by atoms with van der Waals surface area (Å²) in [4.78, 5) is 31.5. The molecule has 3 aromatic rings. The van der Waals surface area contributed by atoms with E-state index < -0.39 is 17.6 Å². The van der Waals surface area contributed by atoms with E-state index in [-0.39, 0.29) is 34.7 Å². The second kappa shape index (κ2) is 9.23. The third-order valence-electron chi connectivity index (χ3n) is 6.70. The molecule has 2 aliphatic heterocycles. The van der Waals surface area contributed by atoms with Crippen LogP contribution in [-0.4, -0.2) is 46.9 Å². The average Bonchev–Trinajstić information content (AvgIpc) is 3.36. The van der Waals surface area contributed by atoms with Gasteiger partial charge in [0.15, 0.2) is 0 Å². The first-order valence-corrected chi connectivity index (χ1v) is 12.1. The maximum atomic E-state index is 13.8. The molecule has 1 fully saturated rings. The van der Waals surface area contributed by atoms with Gasteiger partial charge in [0, 0.05) is 42.1 Å². The molecule has 2 aliphatic rings. The Morgan fingerprint density at radius 1 is 1.03 bits per heavy atom. The molecule has 37 heavy (non-hydrogen) atoms. The molecule has 0 bridgehead atoms. The molecule has 0 radical (unpaired) electrons. The molecule has 3 heterocycles. The molecule has 2 atom stereocenters. The molecular weight excluding hydrogens is 481 g/mol. The van der Waals surface area contributed by atoms with Gasteiger partial charge in [-0.3, -0.25) is 9.59 Å². The van der Waals surface area contributed by atoms with E-state index >= 15 is 0 Å². The molecular formula is C28H27F3N4O2. The number of rotatable bonds is 3. The third-order valence-corrected chi connectivity index (χ3v) is 6.70. The van der Waals surface area contributed by atoms with Crippen molar-refractivity contribution in [2.24, 2.45) is 0 Å². The van der Waals surface area contributed by atoms with E-state index in [0.29, 0.717) is 35.6 Å². The number of aromatic nitrogens is 1. The molecule has 5 rings (SSSR count). The van der Waals surface area contributed by atoms with Gasteiger partial charge >= 0.3 is 6.18 Å². The van der Waals surface area contributed by atoms with Gasteiger partial charge < -0.3 is 20.5 Å². The van der Waals surface area contributed by atoms with Crippen LogP contribution in [0.25, 0.3) is 22.8 Å². The maximum Gasteiger partial charge on any atom is 0.417 e. The van der Waals surface area contributed by atoms with Crippen molar-refractivity contribution in [1.29, 1.82) is 0 Å². The van der Waals surface area contributed by atoms with Crippen molar-refractivity contribution in [3.05, 3.63) is 76.6 Å². The van der Waals surface area contributed by atoms with E-state index in [1.54, 1.807) is 35.2 Å². The van der Waals surface area contributed by atoms with Crippen molar-refractivity contribution in [3.63, 3.8) is 0 Å². The molecule has 6 nitrogen and oxygen atoms in total. The van der Waals surface area contributed by atoms with Crippen molar-refractivity contribution in [1.82, 2.24) is 15.2 Å². The maximum absolute atomic E-state index is 13.8. The Kier molecular flexibility index (Phi) is 6.19. The van der Waals surface area contributed by atoms with Crippen LogP contribution in [0.2, 0.25) is 0 Å². The fraction of sp³-hybridized carbons (Fsp3) is 0.286. The number of aryl methyl sites for hydroxylation is 1. The molecule has 1 saturated heterocycles. The lowest BCUT2D eigenvalue weighted by molar-refractivity contribution is -0.137. The number of carbonyl (C=O) groups excluding carboxylic acids is 2. The quantitative estimate of drug-likeness (QED) is 0.419. The van der Waals surface area contributed by atoms with Crippen LogP contribution < -0.4 is 10.6 Å². The summed E-state index contributed by atoms with van der Waals surface area (Å²) in [5.74, 6) is -0.604. The molecule has 0 aliphatic carbocycles. The fourth-order valence-electron chi connectivity index (χ4n) is 5.29. The summed E-state index contributed by atoms with van der Waals surface area (Å²) >= 11 is 0. The molecule has 0 spiro atoms. The highest BCUT2D eigenvalue weighted by Gasteiger charge is 2.36. The smallest absolute Gasteiger partial charge is 0.358 e. The standard InChI is InChI=1S/C28H27F3N4O2/c1-15-11-20(27(37)35-13-16(2)32-17(3)14-35)24(33-15)12-21-25-19(8-6-10-23(25)34-26(21)36)18-7-4-5-9-22(18)28(29,30)31/h4-12,16-17,32-33H,13-14H2,1-3H3,(H,34,36)/t16-,17-/m1/s1. The van der Waals surface area contributed by atoms with Gasteiger partial charge in [0.25, 0.3) is 11.8 Å². The van der Waals surface area contributed by atoms with E-state index in [0.717, 1.165) is 11.8 Å². The van der Waals surface area contributed by atoms with Crippen LogP contribution in [0.4, 0.5) is 18.9 Å². The number of hydrogen-bond donors (Lipinski definition) is 3. The zero-order valence-corrected chi connectivity index (χ0v) is 20.7. The highest BCUT2D eigenvalue weighted by molar-refractivity contribution is 6.36. The van der Waals surface area contributed by atoms with E-state index in [1.165, 1.54) is 18.2 Å². The number of amides is 2. The SMILES string of the molecule is Cc1cc(C(=O)N2C[C@@H](C)N[C@H](C)C2)c(C=C2C(=O)Nc3cccc(-c4ccccc4C(F)(F)F)c32)[nH]1. The number of alkyl halides is 3. The van der Waals surface area contributed by atoms with Gasteiger partial charge in [0.2, 0.25) is 0 Å². The number of halogens is 3. The average molecular weight is 509 g/mol. The summed E-state index contributed by atoms with van der Waals surface area (Å²) in [6, 6.07) is 12.2. The van der Waals surface area contributed by atoms with Crippen molar-refractivity contribution in [2.75, 3.05) is 18.4 Å². The normalized spacial score (nSPS) is 20.8. The zero-order chi connectivity index (χ0) is 26.5. The van der Waals surface area contributed by atoms with E-state index in [4.69, 9.17) is 0 Å². The Hall–Kier alpha value is -3.85. The predicted octanol–water partition coefficient (Wildman–Crippen LogP) is 5.32. The number of fused-ring (bicyclic) bond motifs is 1. The van der Waals surface area contributed by atoms with Crippen LogP contribution in [0.15, 0.2) is 48.5 Å². The number of hydrogen-bond acceptors (Lipinski definition) is 3. The van der Waals surface area contributed by atoms with Gasteiger partial charge in [0.05, 0.1) is 22.4 Å². The van der Waals surface area contributed by atoms with Gasteiger partial charge in [-0.25, -0.2) is 0 Å². The van der Waals surface area contributed by atoms with Crippen molar-refractivity contribution < 1.29 is 22.8 Å². The first-order valence-electron chi connectivity index (χ1n) is 12.1. The summed E-state index contributed by atoms with van der Waals surface area (Å²) in [5.41, 5.74) is 2.08. The van der Waals surface area contributed by atoms with Crippen LogP contribution in [0.1, 0.15) is 46.7 Å². The molecule has 2 aromatic carbocycles. The lowest BCUT2D eigenvalue weighted by Gasteiger charge is -2.36. The summed E-state index contributed by atoms with van der Waals surface area (Å²) in [5, 5.41) is 6.16. The highest BCUT2D eigenvalue weighted by atomic mass is 19.4. The van der Waals surface area contributed by atoms with Gasteiger partial charge in [-0.2, -0.15) is 13.2 Å². The second-order valence-corrected chi connectivity index (χ2v) is 9.74. The van der Waals surface area contributed by atoms with Gasteiger partial charge in [-0.1, -0.05) is 30.3 Å². The van der Waals surface area contributed by atoms with Crippen molar-refractivity contribution in [3.8, 4) is 11.1 Å². The number of nitrogens with one attached hydrogen (secondary N) is 3. The first kappa shape index (κ1) is 24.8. The fourth-order valence-corrected chi connectivity index (χ4v) is 5.29. The van der Waals surface area contributed by atoms with Crippen LogP contribution in [0.5, 0.6) is 0 Å². The Morgan fingerprint density at radius 2 is 1.70 bits per heavy atom. The minimum Gasteiger partial charge on any atom is -0.358 e. The number of benzene rings is 2. The summed E-state index contributed by atoms with van der Waals surface area (Å²) in [6.07, 6.45) is -3.00. The molecule has 1 aromatic heterocycles. The largest absolute Gasteiger partial charge is 0.417 e. The Bertz CT molecular complexity index is 1410. The molecule has 9 heteroatoms. The van der Waals surface area contributed by atoms with Crippen LogP contribution >= 0.6 is 0 Å². The molecule has 192 valence electrons. The van der Waals surface area contributed by atoms with E-state index in [1.807, 2.05) is 20.8 Å². The van der Waals surface area contributed by atoms with Gasteiger partial charge in [-0.15, -0.1) is 0 Å². The van der Waals surface area contributed by atoms with Crippen LogP contribution in [-0.2, 0) is 11.0 Å². The van der Waals surface area contributed by atoms with Crippen LogP contribution in [0.3, 0.4) is 0 Å². The van der Waals surface area contributed by atoms with Crippen molar-refractivity contribution in [2.45, 2.75) is 39.0 Å². The van der Waals surface area contributed by atoms with Gasteiger partial charge in [-0.05, 0) is 56.2 Å². The summed E-state index contributed by atoms with van der Waals surface area (Å²) < 4.78 is 41.5. The lowest BCUT2D eigenvalue weighted by atomic mass is 9.91. The molecule has 0 saturated carbocycles. The summed E-state index contributed by atoms with van der Waals surface area (Å²) in [6.45, 7) is 6.94. The first-order chi connectivity index (χ1) is 17.5. The Balaban J connectivity index is 1.61. The number of H-pyrrole nitrogens is 1. The van der Waals surface area contributed by atoms with E-state index in [2.05, 4.69) is 15.6 Å². The predicted molar refractivity (Wildman–Crippen MR) is 137 cm³/mol. The number of carbonyl (C=O) groups is 2. The topological polar surface area (TPSA) is 77.2 Å². The lowest BCUT2D eigenvalue weighted by Crippen LogP contribution is -2.55. The Morgan fingerprint density at radius 3 is 2.41 bits per heavy atom. The number of aromatic amines is 1. The van der Waals surface area contributed by atoms with Crippen molar-refractivity contribution >= 4 is 29.2 Å². The van der Waals surface area contributed by atoms with Gasteiger partial charge in [0.1, 0.15) is 0 Å². The minimum absolute atomic E-state index is 0.0167.